The number of pyridine rings is 1. The number of hydrogen-bond donors (Lipinski definition) is 2. The van der Waals surface area contributed by atoms with Crippen LogP contribution in [0, 0.1) is 11.6 Å². The molecule has 0 saturated heterocycles. The molecule has 2 N–H and O–H groups in total. The highest BCUT2D eigenvalue weighted by atomic mass is 19.1. The lowest BCUT2D eigenvalue weighted by molar-refractivity contribution is -0.116. The molecule has 0 fully saturated rings. The second-order valence-corrected chi connectivity index (χ2v) is 5.89. The fraction of sp³-hybridized carbons (Fsp3) is 0.158. The van der Waals surface area contributed by atoms with Crippen LogP contribution < -0.4 is 10.6 Å². The maximum Gasteiger partial charge on any atom is 0.254 e. The van der Waals surface area contributed by atoms with Crippen LogP contribution >= 0.6 is 0 Å². The van der Waals surface area contributed by atoms with Crippen molar-refractivity contribution in [1.29, 1.82) is 0 Å². The maximum absolute atomic E-state index is 13.5. The molecule has 144 valence electrons. The predicted molar refractivity (Wildman–Crippen MR) is 97.9 cm³/mol. The number of halogens is 2. The van der Waals surface area contributed by atoms with Gasteiger partial charge in [-0.2, -0.15) is 5.10 Å². The smallest absolute Gasteiger partial charge is 0.254 e. The molecule has 0 unspecified atom stereocenters. The Morgan fingerprint density at radius 1 is 1.14 bits per heavy atom. The number of nitrogens with zero attached hydrogens (tertiary/aromatic N) is 3. The highest BCUT2D eigenvalue weighted by Gasteiger charge is 2.12. The molecular formula is C19H17F2N5O2. The normalized spacial score (nSPS) is 10.5. The quantitative estimate of drug-likeness (QED) is 0.612. The zero-order chi connectivity index (χ0) is 19.9. The molecule has 2 amide bonds. The van der Waals surface area contributed by atoms with E-state index in [2.05, 4.69) is 20.7 Å². The number of aromatic nitrogens is 3. The van der Waals surface area contributed by atoms with E-state index in [-0.39, 0.29) is 24.4 Å². The van der Waals surface area contributed by atoms with Crippen molar-refractivity contribution in [2.45, 2.75) is 12.8 Å². The summed E-state index contributed by atoms with van der Waals surface area (Å²) in [4.78, 5) is 28.0. The van der Waals surface area contributed by atoms with Gasteiger partial charge in [-0.1, -0.05) is 0 Å². The van der Waals surface area contributed by atoms with Crippen molar-refractivity contribution in [3.8, 4) is 5.82 Å². The second kappa shape index (κ2) is 8.85. The highest BCUT2D eigenvalue weighted by molar-refractivity contribution is 5.94. The summed E-state index contributed by atoms with van der Waals surface area (Å²) in [5.74, 6) is -1.95. The average Bonchev–Trinajstić information content (AvgIpc) is 3.20. The van der Waals surface area contributed by atoms with E-state index in [4.69, 9.17) is 0 Å². The maximum atomic E-state index is 13.5. The largest absolute Gasteiger partial charge is 0.352 e. The van der Waals surface area contributed by atoms with Crippen molar-refractivity contribution in [3.05, 3.63) is 72.2 Å². The average molecular weight is 385 g/mol. The van der Waals surface area contributed by atoms with Crippen LogP contribution in [0.2, 0.25) is 0 Å². The van der Waals surface area contributed by atoms with Gasteiger partial charge in [0, 0.05) is 31.4 Å². The molecule has 3 rings (SSSR count). The van der Waals surface area contributed by atoms with Gasteiger partial charge in [-0.25, -0.2) is 18.4 Å². The molecule has 0 radical (unpaired) electrons. The summed E-state index contributed by atoms with van der Waals surface area (Å²) < 4.78 is 28.0. The third-order valence-corrected chi connectivity index (χ3v) is 3.81. The van der Waals surface area contributed by atoms with Gasteiger partial charge in [0.15, 0.2) is 5.82 Å². The Bertz CT molecular complexity index is 959. The van der Waals surface area contributed by atoms with E-state index in [1.807, 2.05) is 0 Å². The van der Waals surface area contributed by atoms with Gasteiger partial charge in [-0.05, 0) is 36.8 Å². The molecule has 0 spiro atoms. The van der Waals surface area contributed by atoms with Gasteiger partial charge in [0.1, 0.15) is 11.6 Å². The summed E-state index contributed by atoms with van der Waals surface area (Å²) in [7, 11) is 0. The topological polar surface area (TPSA) is 88.9 Å². The number of nitrogens with one attached hydrogen (secondary N) is 2. The summed E-state index contributed by atoms with van der Waals surface area (Å²) in [6, 6.07) is 7.94. The molecule has 7 nitrogen and oxygen atoms in total. The number of amides is 2. The second-order valence-electron chi connectivity index (χ2n) is 5.89. The standard InChI is InChI=1S/C19H17F2N5O2/c20-13-4-6-15(16(21)11-13)19(28)22-8-1-3-18(27)25-14-5-7-17(23-12-14)26-10-2-9-24-26/h2,4-7,9-12H,1,3,8H2,(H,22,28)(H,25,27). The molecule has 3 aromatic rings. The summed E-state index contributed by atoms with van der Waals surface area (Å²) in [5, 5.41) is 9.27. The lowest BCUT2D eigenvalue weighted by Gasteiger charge is -2.08. The zero-order valence-electron chi connectivity index (χ0n) is 14.7. The summed E-state index contributed by atoms with van der Waals surface area (Å²) in [6.07, 6.45) is 5.44. The fourth-order valence-electron chi connectivity index (χ4n) is 2.44. The van der Waals surface area contributed by atoms with Crippen LogP contribution in [0.25, 0.3) is 5.82 Å². The van der Waals surface area contributed by atoms with Crippen LogP contribution in [0.3, 0.4) is 0 Å². The Kier molecular flexibility index (Phi) is 6.05. The van der Waals surface area contributed by atoms with Gasteiger partial charge in [0.25, 0.3) is 5.91 Å². The predicted octanol–water partition coefficient (Wildman–Crippen LogP) is 2.69. The first-order valence-electron chi connectivity index (χ1n) is 8.52. The van der Waals surface area contributed by atoms with E-state index in [9.17, 15) is 18.4 Å². The summed E-state index contributed by atoms with van der Waals surface area (Å²) in [5.41, 5.74) is 0.299. The van der Waals surface area contributed by atoms with Crippen LogP contribution in [0.4, 0.5) is 14.5 Å². The van der Waals surface area contributed by atoms with Crippen molar-refractivity contribution < 1.29 is 18.4 Å². The van der Waals surface area contributed by atoms with Crippen molar-refractivity contribution in [3.63, 3.8) is 0 Å². The van der Waals surface area contributed by atoms with Crippen molar-refractivity contribution >= 4 is 17.5 Å². The van der Waals surface area contributed by atoms with E-state index >= 15 is 0 Å². The Morgan fingerprint density at radius 2 is 2.00 bits per heavy atom. The molecule has 2 heterocycles. The first kappa shape index (κ1) is 19.2. The summed E-state index contributed by atoms with van der Waals surface area (Å²) >= 11 is 0. The SMILES string of the molecule is O=C(CCCNC(=O)c1ccc(F)cc1F)Nc1ccc(-n2cccn2)nc1. The lowest BCUT2D eigenvalue weighted by atomic mass is 10.2. The zero-order valence-corrected chi connectivity index (χ0v) is 14.7. The third kappa shape index (κ3) is 4.97. The molecule has 0 aliphatic carbocycles. The molecule has 0 aliphatic rings. The van der Waals surface area contributed by atoms with Crippen molar-refractivity contribution in [2.75, 3.05) is 11.9 Å². The molecule has 0 atom stereocenters. The van der Waals surface area contributed by atoms with E-state index < -0.39 is 17.5 Å². The molecule has 0 saturated carbocycles. The van der Waals surface area contributed by atoms with E-state index in [1.165, 1.54) is 6.20 Å². The Hall–Kier alpha value is -3.62. The first-order valence-corrected chi connectivity index (χ1v) is 8.52. The van der Waals surface area contributed by atoms with Crippen LogP contribution in [0.15, 0.2) is 55.0 Å². The Balaban J connectivity index is 1.41. The molecule has 0 bridgehead atoms. The number of benzene rings is 1. The summed E-state index contributed by atoms with van der Waals surface area (Å²) in [6.45, 7) is 0.180. The van der Waals surface area contributed by atoms with Crippen LogP contribution in [0.5, 0.6) is 0 Å². The molecule has 0 aliphatic heterocycles. The Morgan fingerprint density at radius 3 is 2.68 bits per heavy atom. The number of rotatable bonds is 7. The third-order valence-electron chi connectivity index (χ3n) is 3.81. The number of carbonyl (C=O) groups excluding carboxylic acids is 2. The minimum absolute atomic E-state index is 0.160. The van der Waals surface area contributed by atoms with E-state index in [0.717, 1.165) is 12.1 Å². The molecule has 9 heteroatoms. The van der Waals surface area contributed by atoms with Crippen LogP contribution in [-0.2, 0) is 4.79 Å². The van der Waals surface area contributed by atoms with Gasteiger partial charge in [0.2, 0.25) is 5.91 Å². The van der Waals surface area contributed by atoms with Crippen LogP contribution in [0.1, 0.15) is 23.2 Å². The monoisotopic (exact) mass is 385 g/mol. The molecule has 28 heavy (non-hydrogen) atoms. The van der Waals surface area contributed by atoms with Gasteiger partial charge in [-0.3, -0.25) is 9.59 Å². The number of hydrogen-bond acceptors (Lipinski definition) is 4. The van der Waals surface area contributed by atoms with Gasteiger partial charge in [0.05, 0.1) is 17.4 Å². The molecular weight excluding hydrogens is 368 g/mol. The fourth-order valence-corrected chi connectivity index (χ4v) is 2.44. The molecule has 2 aromatic heterocycles. The van der Waals surface area contributed by atoms with Gasteiger partial charge >= 0.3 is 0 Å². The van der Waals surface area contributed by atoms with Gasteiger partial charge < -0.3 is 10.6 Å². The highest BCUT2D eigenvalue weighted by Crippen LogP contribution is 2.11. The Labute approximate surface area is 159 Å². The van der Waals surface area contributed by atoms with Gasteiger partial charge in [-0.15, -0.1) is 0 Å². The van der Waals surface area contributed by atoms with Crippen molar-refractivity contribution in [2.24, 2.45) is 0 Å². The van der Waals surface area contributed by atoms with Crippen molar-refractivity contribution in [1.82, 2.24) is 20.1 Å². The number of anilines is 1. The van der Waals surface area contributed by atoms with E-state index in [0.29, 0.717) is 24.0 Å². The minimum Gasteiger partial charge on any atom is -0.352 e. The van der Waals surface area contributed by atoms with Crippen LogP contribution in [-0.4, -0.2) is 33.1 Å². The number of carbonyl (C=O) groups is 2. The first-order chi connectivity index (χ1) is 13.5. The molecule has 1 aromatic carbocycles. The van der Waals surface area contributed by atoms with E-state index in [1.54, 1.807) is 35.3 Å². The minimum atomic E-state index is -0.929. The lowest BCUT2D eigenvalue weighted by Crippen LogP contribution is -2.26.